The maximum atomic E-state index is 12.4. The topological polar surface area (TPSA) is 85.4 Å². The number of methoxy groups -OCH3 is 2. The van der Waals surface area contributed by atoms with Crippen LogP contribution in [0.1, 0.15) is 10.5 Å². The average Bonchev–Trinajstić information content (AvgIpc) is 2.69. The van der Waals surface area contributed by atoms with Gasteiger partial charge in [-0.2, -0.15) is 0 Å². The summed E-state index contributed by atoms with van der Waals surface area (Å²) in [5.74, 6) is 1.62. The van der Waals surface area contributed by atoms with E-state index in [-0.39, 0.29) is 11.6 Å². The van der Waals surface area contributed by atoms with Gasteiger partial charge in [-0.25, -0.2) is 9.97 Å². The van der Waals surface area contributed by atoms with Gasteiger partial charge in [0.1, 0.15) is 29.3 Å². The van der Waals surface area contributed by atoms with Crippen LogP contribution < -0.4 is 20.1 Å². The molecule has 7 heteroatoms. The summed E-state index contributed by atoms with van der Waals surface area (Å²) in [6.45, 7) is 0. The minimum absolute atomic E-state index is 0.251. The smallest absolute Gasteiger partial charge is 0.274 e. The van der Waals surface area contributed by atoms with Crippen molar-refractivity contribution in [1.29, 1.82) is 0 Å². The number of carbonyl (C=O) groups excluding carboxylic acids is 1. The Hall–Kier alpha value is -3.61. The molecule has 0 radical (unpaired) electrons. The van der Waals surface area contributed by atoms with Gasteiger partial charge in [-0.1, -0.05) is 6.07 Å². The Morgan fingerprint density at radius 2 is 1.65 bits per heavy atom. The average molecular weight is 350 g/mol. The van der Waals surface area contributed by atoms with Crippen LogP contribution in [-0.2, 0) is 0 Å². The van der Waals surface area contributed by atoms with E-state index in [4.69, 9.17) is 9.47 Å². The number of hydrogen-bond donors (Lipinski definition) is 2. The number of aromatic nitrogens is 2. The number of benzene rings is 2. The summed E-state index contributed by atoms with van der Waals surface area (Å²) in [4.78, 5) is 20.6. The van der Waals surface area contributed by atoms with E-state index in [0.717, 1.165) is 17.2 Å². The molecule has 26 heavy (non-hydrogen) atoms. The van der Waals surface area contributed by atoms with Crippen molar-refractivity contribution in [2.24, 2.45) is 0 Å². The number of nitrogens with one attached hydrogen (secondary N) is 2. The van der Waals surface area contributed by atoms with Crippen molar-refractivity contribution < 1.29 is 14.3 Å². The van der Waals surface area contributed by atoms with Crippen LogP contribution in [0.2, 0.25) is 0 Å². The Morgan fingerprint density at radius 3 is 2.38 bits per heavy atom. The number of amides is 1. The highest BCUT2D eigenvalue weighted by Gasteiger charge is 2.10. The maximum Gasteiger partial charge on any atom is 0.274 e. The standard InChI is InChI=1S/C19H18N4O3/c1-25-15-8-6-13(7-9-15)23-19(24)17-11-18(21-12-20-17)22-14-4-3-5-16(10-14)26-2/h3-12H,1-2H3,(H,23,24)(H,20,21,22). The Morgan fingerprint density at radius 1 is 0.885 bits per heavy atom. The molecule has 0 fully saturated rings. The Balaban J connectivity index is 1.72. The van der Waals surface area contributed by atoms with Crippen molar-refractivity contribution >= 4 is 23.1 Å². The van der Waals surface area contributed by atoms with Gasteiger partial charge < -0.3 is 20.1 Å². The molecule has 2 aromatic carbocycles. The lowest BCUT2D eigenvalue weighted by Gasteiger charge is -2.09. The molecular formula is C19H18N4O3. The van der Waals surface area contributed by atoms with Crippen LogP contribution in [0.5, 0.6) is 11.5 Å². The molecule has 132 valence electrons. The second-order valence-corrected chi connectivity index (χ2v) is 5.33. The zero-order chi connectivity index (χ0) is 18.4. The van der Waals surface area contributed by atoms with E-state index in [9.17, 15) is 4.79 Å². The third-order valence-corrected chi connectivity index (χ3v) is 3.59. The van der Waals surface area contributed by atoms with Crippen molar-refractivity contribution in [2.75, 3.05) is 24.9 Å². The number of hydrogen-bond acceptors (Lipinski definition) is 6. The molecule has 1 heterocycles. The first-order chi connectivity index (χ1) is 12.7. The van der Waals surface area contributed by atoms with Crippen molar-refractivity contribution in [3.63, 3.8) is 0 Å². The number of ether oxygens (including phenoxy) is 2. The summed E-state index contributed by atoms with van der Waals surface area (Å²) in [5.41, 5.74) is 1.70. The highest BCUT2D eigenvalue weighted by molar-refractivity contribution is 6.03. The molecule has 0 atom stereocenters. The molecule has 0 aliphatic rings. The molecule has 7 nitrogen and oxygen atoms in total. The van der Waals surface area contributed by atoms with Gasteiger partial charge in [0.05, 0.1) is 14.2 Å². The van der Waals surface area contributed by atoms with Gasteiger partial charge in [0.25, 0.3) is 5.91 Å². The Labute approximate surface area is 151 Å². The van der Waals surface area contributed by atoms with Gasteiger partial charge >= 0.3 is 0 Å². The minimum Gasteiger partial charge on any atom is -0.497 e. The number of anilines is 3. The highest BCUT2D eigenvalue weighted by atomic mass is 16.5. The molecule has 3 rings (SSSR count). The molecular weight excluding hydrogens is 332 g/mol. The monoisotopic (exact) mass is 350 g/mol. The van der Waals surface area contributed by atoms with E-state index < -0.39 is 0 Å². The summed E-state index contributed by atoms with van der Waals surface area (Å²) >= 11 is 0. The molecule has 0 spiro atoms. The Kier molecular flexibility index (Phi) is 5.28. The maximum absolute atomic E-state index is 12.4. The summed E-state index contributed by atoms with van der Waals surface area (Å²) in [5, 5.41) is 5.91. The predicted molar refractivity (Wildman–Crippen MR) is 99.3 cm³/mol. The van der Waals surface area contributed by atoms with Gasteiger partial charge in [0.2, 0.25) is 0 Å². The summed E-state index contributed by atoms with van der Waals surface area (Å²) in [6, 6.07) is 16.1. The van der Waals surface area contributed by atoms with E-state index in [1.54, 1.807) is 44.6 Å². The van der Waals surface area contributed by atoms with Crippen molar-refractivity contribution in [3.05, 3.63) is 66.6 Å². The molecule has 3 aromatic rings. The van der Waals surface area contributed by atoms with E-state index in [1.807, 2.05) is 24.3 Å². The third kappa shape index (κ3) is 4.27. The number of rotatable bonds is 6. The molecule has 2 N–H and O–H groups in total. The van der Waals surface area contributed by atoms with Gasteiger partial charge in [-0.15, -0.1) is 0 Å². The van der Waals surface area contributed by atoms with Crippen LogP contribution in [-0.4, -0.2) is 30.1 Å². The summed E-state index contributed by atoms with van der Waals surface area (Å²) in [6.07, 6.45) is 1.34. The van der Waals surface area contributed by atoms with E-state index in [1.165, 1.54) is 6.33 Å². The van der Waals surface area contributed by atoms with Crippen LogP contribution in [0.25, 0.3) is 0 Å². The lowest BCUT2D eigenvalue weighted by Crippen LogP contribution is -2.14. The zero-order valence-electron chi connectivity index (χ0n) is 14.4. The summed E-state index contributed by atoms with van der Waals surface area (Å²) in [7, 11) is 3.19. The van der Waals surface area contributed by atoms with Gasteiger partial charge in [-0.05, 0) is 36.4 Å². The van der Waals surface area contributed by atoms with E-state index in [2.05, 4.69) is 20.6 Å². The van der Waals surface area contributed by atoms with E-state index in [0.29, 0.717) is 11.5 Å². The fourth-order valence-corrected chi connectivity index (χ4v) is 2.27. The number of nitrogens with zero attached hydrogens (tertiary/aromatic N) is 2. The van der Waals surface area contributed by atoms with Crippen LogP contribution in [0.15, 0.2) is 60.9 Å². The Bertz CT molecular complexity index is 897. The predicted octanol–water partition coefficient (Wildman–Crippen LogP) is 3.49. The first kappa shape index (κ1) is 17.2. The van der Waals surface area contributed by atoms with Crippen LogP contribution >= 0.6 is 0 Å². The lowest BCUT2D eigenvalue weighted by atomic mass is 10.2. The lowest BCUT2D eigenvalue weighted by molar-refractivity contribution is 0.102. The third-order valence-electron chi connectivity index (χ3n) is 3.59. The van der Waals surface area contributed by atoms with Crippen LogP contribution in [0.3, 0.4) is 0 Å². The second-order valence-electron chi connectivity index (χ2n) is 5.33. The van der Waals surface area contributed by atoms with Crippen LogP contribution in [0.4, 0.5) is 17.2 Å². The highest BCUT2D eigenvalue weighted by Crippen LogP contribution is 2.20. The molecule has 1 aromatic heterocycles. The minimum atomic E-state index is -0.328. The van der Waals surface area contributed by atoms with Crippen molar-refractivity contribution in [3.8, 4) is 11.5 Å². The zero-order valence-corrected chi connectivity index (χ0v) is 14.4. The first-order valence-electron chi connectivity index (χ1n) is 7.86. The normalized spacial score (nSPS) is 10.1. The van der Waals surface area contributed by atoms with Gasteiger partial charge in [-0.3, -0.25) is 4.79 Å². The van der Waals surface area contributed by atoms with Crippen molar-refractivity contribution in [1.82, 2.24) is 9.97 Å². The fourth-order valence-electron chi connectivity index (χ4n) is 2.27. The molecule has 0 aliphatic heterocycles. The largest absolute Gasteiger partial charge is 0.497 e. The molecule has 0 bridgehead atoms. The molecule has 0 aliphatic carbocycles. The molecule has 1 amide bonds. The summed E-state index contributed by atoms with van der Waals surface area (Å²) < 4.78 is 10.3. The molecule has 0 unspecified atom stereocenters. The number of carbonyl (C=O) groups is 1. The van der Waals surface area contributed by atoms with Crippen LogP contribution in [0, 0.1) is 0 Å². The van der Waals surface area contributed by atoms with Gasteiger partial charge in [0, 0.05) is 23.5 Å². The molecule has 0 saturated carbocycles. The second kappa shape index (κ2) is 7.98. The molecule has 0 saturated heterocycles. The SMILES string of the molecule is COc1ccc(NC(=O)c2cc(Nc3cccc(OC)c3)ncn2)cc1. The quantitative estimate of drug-likeness (QED) is 0.708. The fraction of sp³-hybridized carbons (Fsp3) is 0.105. The first-order valence-corrected chi connectivity index (χ1v) is 7.86. The van der Waals surface area contributed by atoms with E-state index >= 15 is 0 Å². The van der Waals surface area contributed by atoms with Crippen molar-refractivity contribution in [2.45, 2.75) is 0 Å². The van der Waals surface area contributed by atoms with Gasteiger partial charge in [0.15, 0.2) is 0 Å².